The van der Waals surface area contributed by atoms with Gasteiger partial charge in [-0.2, -0.15) is 0 Å². The maximum absolute atomic E-state index is 14.6. The van der Waals surface area contributed by atoms with Crippen LogP contribution < -0.4 is 5.32 Å². The van der Waals surface area contributed by atoms with Gasteiger partial charge in [-0.1, -0.05) is 54.1 Å². The Balaban J connectivity index is 1.51. The quantitative estimate of drug-likeness (QED) is 0.300. The summed E-state index contributed by atoms with van der Waals surface area (Å²) in [5, 5.41) is 13.6. The highest BCUT2D eigenvalue weighted by molar-refractivity contribution is 6.30. The molecule has 1 fully saturated rings. The van der Waals surface area contributed by atoms with Crippen molar-refractivity contribution in [3.05, 3.63) is 94.8 Å². The number of ether oxygens (including phenoxy) is 2. The van der Waals surface area contributed by atoms with Gasteiger partial charge in [-0.25, -0.2) is 4.39 Å². The maximum Gasteiger partial charge on any atom is 0.157 e. The van der Waals surface area contributed by atoms with Gasteiger partial charge < -0.3 is 19.9 Å². The van der Waals surface area contributed by atoms with Gasteiger partial charge in [0.15, 0.2) is 6.29 Å². The lowest BCUT2D eigenvalue weighted by molar-refractivity contribution is -0.164. The minimum atomic E-state index is -0.503. The Kier molecular flexibility index (Phi) is 9.37. The van der Waals surface area contributed by atoms with E-state index in [0.29, 0.717) is 30.4 Å². The Labute approximate surface area is 211 Å². The van der Waals surface area contributed by atoms with E-state index < -0.39 is 5.82 Å². The zero-order chi connectivity index (χ0) is 24.5. The van der Waals surface area contributed by atoms with E-state index in [9.17, 15) is 9.50 Å². The average Bonchev–Trinajstić information content (AvgIpc) is 2.87. The fourth-order valence-corrected chi connectivity index (χ4v) is 4.35. The summed E-state index contributed by atoms with van der Waals surface area (Å²) >= 11 is 6.13. The van der Waals surface area contributed by atoms with E-state index >= 15 is 0 Å². The first kappa shape index (κ1) is 25.5. The van der Waals surface area contributed by atoms with Crippen LogP contribution in [0.3, 0.4) is 0 Å². The van der Waals surface area contributed by atoms with Crippen LogP contribution >= 0.6 is 11.6 Å². The van der Waals surface area contributed by atoms with Crippen molar-refractivity contribution in [1.29, 1.82) is 0 Å². The molecule has 0 aromatic heterocycles. The lowest BCUT2D eigenvalue weighted by atomic mass is 10.0. The second kappa shape index (κ2) is 12.9. The summed E-state index contributed by atoms with van der Waals surface area (Å²) in [4.78, 5) is 2.29. The molecule has 3 aromatic rings. The molecule has 35 heavy (non-hydrogen) atoms. The van der Waals surface area contributed by atoms with E-state index in [1.165, 1.54) is 11.6 Å². The Morgan fingerprint density at radius 3 is 2.60 bits per heavy atom. The number of nitrogens with zero attached hydrogens (tertiary/aromatic N) is 1. The Bertz CT molecular complexity index is 1050. The van der Waals surface area contributed by atoms with Crippen LogP contribution in [0.5, 0.6) is 5.75 Å². The molecule has 1 saturated heterocycles. The van der Waals surface area contributed by atoms with E-state index in [1.807, 2.05) is 42.5 Å². The van der Waals surface area contributed by atoms with Crippen molar-refractivity contribution in [3.63, 3.8) is 0 Å². The molecule has 1 aliphatic rings. The highest BCUT2D eigenvalue weighted by Crippen LogP contribution is 2.27. The molecular formula is C28H32ClFN2O3. The summed E-state index contributed by atoms with van der Waals surface area (Å²) in [7, 11) is 0. The molecule has 0 radical (unpaired) electrons. The molecule has 1 unspecified atom stereocenters. The highest BCUT2D eigenvalue weighted by atomic mass is 35.5. The smallest absolute Gasteiger partial charge is 0.157 e. The monoisotopic (exact) mass is 498 g/mol. The minimum absolute atomic E-state index is 0.108. The predicted octanol–water partition coefficient (Wildman–Crippen LogP) is 6.38. The number of phenols is 1. The van der Waals surface area contributed by atoms with Gasteiger partial charge in [0.2, 0.25) is 0 Å². The summed E-state index contributed by atoms with van der Waals surface area (Å²) in [6, 6.07) is 21.8. The number of hydrogen-bond donors (Lipinski definition) is 2. The molecule has 1 aliphatic heterocycles. The van der Waals surface area contributed by atoms with Gasteiger partial charge in [-0.3, -0.25) is 4.90 Å². The average molecular weight is 499 g/mol. The molecular weight excluding hydrogens is 467 g/mol. The van der Waals surface area contributed by atoms with Crippen LogP contribution in [0, 0.1) is 5.82 Å². The van der Waals surface area contributed by atoms with E-state index in [2.05, 4.69) is 22.3 Å². The van der Waals surface area contributed by atoms with E-state index in [0.717, 1.165) is 44.0 Å². The second-order valence-corrected chi connectivity index (χ2v) is 9.24. The minimum Gasteiger partial charge on any atom is -0.508 e. The third-order valence-electron chi connectivity index (χ3n) is 6.09. The molecule has 0 bridgehead atoms. The SMILES string of the molecule is Oc1ccc(N[C@@H](CN(CCOC2CCCCO2)Cc2ccccc2)c2ccc(Cl)cc2)c(F)c1. The number of anilines is 1. The Morgan fingerprint density at radius 1 is 1.09 bits per heavy atom. The molecule has 4 rings (SSSR count). The largest absolute Gasteiger partial charge is 0.508 e. The number of hydrogen-bond acceptors (Lipinski definition) is 5. The number of halogens is 2. The summed E-state index contributed by atoms with van der Waals surface area (Å²) < 4.78 is 26.3. The van der Waals surface area contributed by atoms with E-state index in [4.69, 9.17) is 21.1 Å². The molecule has 0 aliphatic carbocycles. The van der Waals surface area contributed by atoms with Crippen LogP contribution in [-0.4, -0.2) is 42.6 Å². The van der Waals surface area contributed by atoms with Gasteiger partial charge in [-0.15, -0.1) is 0 Å². The van der Waals surface area contributed by atoms with Crippen molar-refractivity contribution in [3.8, 4) is 5.75 Å². The standard InChI is InChI=1S/C28H32ClFN2O3/c29-23-11-9-22(10-12-23)27(31-26-14-13-24(33)18-25(26)30)20-32(19-21-6-2-1-3-7-21)15-17-35-28-8-4-5-16-34-28/h1-3,6-7,9-14,18,27-28,31,33H,4-5,8,15-17,19-20H2/t27-,28?/m0/s1. The van der Waals surface area contributed by atoms with Crippen LogP contribution in [0.15, 0.2) is 72.8 Å². The van der Waals surface area contributed by atoms with Gasteiger partial charge in [-0.05, 0) is 54.7 Å². The molecule has 5 nitrogen and oxygen atoms in total. The van der Waals surface area contributed by atoms with Crippen molar-refractivity contribution in [2.75, 3.05) is 31.6 Å². The maximum atomic E-state index is 14.6. The highest BCUT2D eigenvalue weighted by Gasteiger charge is 2.20. The van der Waals surface area contributed by atoms with Crippen LogP contribution in [0.2, 0.25) is 5.02 Å². The molecule has 2 N–H and O–H groups in total. The number of phenolic OH excluding ortho intramolecular Hbond substituents is 1. The van der Waals surface area contributed by atoms with Gasteiger partial charge in [0, 0.05) is 37.3 Å². The molecule has 3 aromatic carbocycles. The number of benzene rings is 3. The first-order valence-electron chi connectivity index (χ1n) is 12.1. The molecule has 0 spiro atoms. The number of aromatic hydroxyl groups is 1. The lowest BCUT2D eigenvalue weighted by Crippen LogP contribution is -2.35. The predicted molar refractivity (Wildman–Crippen MR) is 137 cm³/mol. The van der Waals surface area contributed by atoms with Gasteiger partial charge in [0.05, 0.1) is 18.3 Å². The summed E-state index contributed by atoms with van der Waals surface area (Å²) in [5.41, 5.74) is 2.50. The fraction of sp³-hybridized carbons (Fsp3) is 0.357. The van der Waals surface area contributed by atoms with Crippen molar-refractivity contribution in [2.45, 2.75) is 38.1 Å². The van der Waals surface area contributed by atoms with Gasteiger partial charge in [0.25, 0.3) is 0 Å². The molecule has 0 amide bonds. The van der Waals surface area contributed by atoms with E-state index in [1.54, 1.807) is 6.07 Å². The van der Waals surface area contributed by atoms with Crippen molar-refractivity contribution < 1.29 is 19.0 Å². The van der Waals surface area contributed by atoms with Crippen LogP contribution in [0.25, 0.3) is 0 Å². The third kappa shape index (κ3) is 7.94. The Hall–Kier alpha value is -2.64. The van der Waals surface area contributed by atoms with Crippen LogP contribution in [0.1, 0.15) is 36.4 Å². The third-order valence-corrected chi connectivity index (χ3v) is 6.35. The van der Waals surface area contributed by atoms with Gasteiger partial charge in [0.1, 0.15) is 11.6 Å². The summed E-state index contributed by atoms with van der Waals surface area (Å²) in [5.74, 6) is -0.611. The first-order chi connectivity index (χ1) is 17.1. The van der Waals surface area contributed by atoms with Crippen LogP contribution in [0.4, 0.5) is 10.1 Å². The van der Waals surface area contributed by atoms with Crippen molar-refractivity contribution >= 4 is 17.3 Å². The second-order valence-electron chi connectivity index (χ2n) is 8.80. The van der Waals surface area contributed by atoms with Crippen molar-refractivity contribution in [1.82, 2.24) is 4.90 Å². The topological polar surface area (TPSA) is 54.0 Å². The van der Waals surface area contributed by atoms with Crippen LogP contribution in [-0.2, 0) is 16.0 Å². The molecule has 0 saturated carbocycles. The lowest BCUT2D eigenvalue weighted by Gasteiger charge is -2.30. The molecule has 1 heterocycles. The normalized spacial score (nSPS) is 16.8. The summed E-state index contributed by atoms with van der Waals surface area (Å²) in [6.07, 6.45) is 2.99. The summed E-state index contributed by atoms with van der Waals surface area (Å²) in [6.45, 7) is 3.31. The van der Waals surface area contributed by atoms with Crippen molar-refractivity contribution in [2.24, 2.45) is 0 Å². The number of rotatable bonds is 11. The molecule has 7 heteroatoms. The zero-order valence-electron chi connectivity index (χ0n) is 19.7. The zero-order valence-corrected chi connectivity index (χ0v) is 20.5. The van der Waals surface area contributed by atoms with E-state index in [-0.39, 0.29) is 18.1 Å². The molecule has 2 atom stereocenters. The van der Waals surface area contributed by atoms with Gasteiger partial charge >= 0.3 is 0 Å². The molecule has 186 valence electrons. The fourth-order valence-electron chi connectivity index (χ4n) is 4.23. The Morgan fingerprint density at radius 2 is 1.89 bits per heavy atom. The first-order valence-corrected chi connectivity index (χ1v) is 12.4. The number of nitrogens with one attached hydrogen (secondary N) is 1.